The van der Waals surface area contributed by atoms with Crippen LogP contribution in [0.4, 0.5) is 0 Å². The van der Waals surface area contributed by atoms with E-state index in [0.29, 0.717) is 22.9 Å². The van der Waals surface area contributed by atoms with Gasteiger partial charge in [0.25, 0.3) is 5.91 Å². The Morgan fingerprint density at radius 3 is 3.04 bits per heavy atom. The van der Waals surface area contributed by atoms with E-state index in [1.165, 1.54) is 11.3 Å². The van der Waals surface area contributed by atoms with Crippen molar-refractivity contribution in [3.63, 3.8) is 0 Å². The molecule has 1 aliphatic heterocycles. The maximum atomic E-state index is 12.9. The van der Waals surface area contributed by atoms with Gasteiger partial charge in [-0.25, -0.2) is 4.68 Å². The molecule has 7 heteroatoms. The number of ether oxygens (including phenoxy) is 1. The summed E-state index contributed by atoms with van der Waals surface area (Å²) in [6.07, 6.45) is 1.81. The summed E-state index contributed by atoms with van der Waals surface area (Å²) < 4.78 is 7.19. The number of nitrogens with zero attached hydrogens (tertiary/aromatic N) is 4. The summed E-state index contributed by atoms with van der Waals surface area (Å²) >= 11 is 1.32. The van der Waals surface area contributed by atoms with Crippen molar-refractivity contribution in [1.29, 1.82) is 5.26 Å². The van der Waals surface area contributed by atoms with Gasteiger partial charge in [-0.05, 0) is 31.2 Å². The number of nitriles is 1. The van der Waals surface area contributed by atoms with E-state index in [9.17, 15) is 4.79 Å². The van der Waals surface area contributed by atoms with Crippen molar-refractivity contribution >= 4 is 17.2 Å². The van der Waals surface area contributed by atoms with Crippen molar-refractivity contribution in [2.24, 2.45) is 7.05 Å². The summed E-state index contributed by atoms with van der Waals surface area (Å²) in [7, 11) is 3.46. The third-order valence-corrected chi connectivity index (χ3v) is 5.14. The number of amides is 1. The van der Waals surface area contributed by atoms with Crippen LogP contribution >= 0.6 is 11.3 Å². The lowest BCUT2D eigenvalue weighted by Gasteiger charge is -2.25. The molecule has 1 aliphatic rings. The molecule has 120 valence electrons. The standard InChI is InChI=1S/C16H18N4O2S/c1-10-13(16(22-3)19(2)18-10)12-5-4-7-20(12)15(21)14-11(9-17)6-8-23-14/h6,8,12H,4-5,7H2,1-3H3/t12-/m1/s1. The van der Waals surface area contributed by atoms with Crippen LogP contribution in [0.15, 0.2) is 11.4 Å². The number of methoxy groups -OCH3 is 1. The molecule has 3 rings (SSSR count). The van der Waals surface area contributed by atoms with Crippen molar-refractivity contribution in [3.8, 4) is 11.9 Å². The van der Waals surface area contributed by atoms with E-state index in [-0.39, 0.29) is 11.9 Å². The topological polar surface area (TPSA) is 71.2 Å². The van der Waals surface area contributed by atoms with E-state index in [1.54, 1.807) is 23.2 Å². The Bertz CT molecular complexity index is 787. The molecule has 0 saturated carbocycles. The lowest BCUT2D eigenvalue weighted by atomic mass is 10.0. The van der Waals surface area contributed by atoms with Crippen molar-refractivity contribution in [3.05, 3.63) is 33.1 Å². The highest BCUT2D eigenvalue weighted by Gasteiger charge is 2.36. The number of aryl methyl sites for hydroxylation is 2. The Morgan fingerprint density at radius 1 is 1.57 bits per heavy atom. The molecule has 1 amide bonds. The molecule has 0 spiro atoms. The molecule has 0 aromatic carbocycles. The fourth-order valence-corrected chi connectivity index (χ4v) is 4.08. The largest absolute Gasteiger partial charge is 0.481 e. The fourth-order valence-electron chi connectivity index (χ4n) is 3.28. The van der Waals surface area contributed by atoms with Crippen LogP contribution in [-0.2, 0) is 7.05 Å². The molecule has 6 nitrogen and oxygen atoms in total. The Hall–Kier alpha value is -2.33. The molecular weight excluding hydrogens is 312 g/mol. The number of likely N-dealkylation sites (tertiary alicyclic amines) is 1. The van der Waals surface area contributed by atoms with Gasteiger partial charge in [0, 0.05) is 13.6 Å². The third-order valence-electron chi connectivity index (χ3n) is 4.23. The second-order valence-corrected chi connectivity index (χ2v) is 6.48. The number of hydrogen-bond acceptors (Lipinski definition) is 5. The van der Waals surface area contributed by atoms with Gasteiger partial charge in [-0.3, -0.25) is 4.79 Å². The monoisotopic (exact) mass is 330 g/mol. The number of thiophene rings is 1. The Kier molecular flexibility index (Phi) is 4.09. The predicted octanol–water partition coefficient (Wildman–Crippen LogP) is 2.65. The van der Waals surface area contributed by atoms with E-state index in [0.717, 1.165) is 24.1 Å². The van der Waals surface area contributed by atoms with Gasteiger partial charge >= 0.3 is 0 Å². The molecule has 1 saturated heterocycles. The smallest absolute Gasteiger partial charge is 0.265 e. The maximum Gasteiger partial charge on any atom is 0.265 e. The van der Waals surface area contributed by atoms with Crippen LogP contribution in [-0.4, -0.2) is 34.2 Å². The van der Waals surface area contributed by atoms with Crippen molar-refractivity contribution < 1.29 is 9.53 Å². The molecule has 3 heterocycles. The van der Waals surface area contributed by atoms with E-state index < -0.39 is 0 Å². The second kappa shape index (κ2) is 6.05. The van der Waals surface area contributed by atoms with Crippen LogP contribution in [0.3, 0.4) is 0 Å². The molecule has 0 radical (unpaired) electrons. The summed E-state index contributed by atoms with van der Waals surface area (Å²) in [6, 6.07) is 3.73. The number of carbonyl (C=O) groups excluding carboxylic acids is 1. The quantitative estimate of drug-likeness (QED) is 0.867. The Labute approximate surface area is 138 Å². The first-order valence-electron chi connectivity index (χ1n) is 7.44. The molecule has 0 N–H and O–H groups in total. The highest BCUT2D eigenvalue weighted by Crippen LogP contribution is 2.40. The summed E-state index contributed by atoms with van der Waals surface area (Å²) in [5.74, 6) is 0.614. The lowest BCUT2D eigenvalue weighted by molar-refractivity contribution is 0.0738. The minimum atomic E-state index is -0.0793. The summed E-state index contributed by atoms with van der Waals surface area (Å²) in [5, 5.41) is 15.4. The first-order valence-corrected chi connectivity index (χ1v) is 8.32. The molecule has 2 aromatic heterocycles. The Morgan fingerprint density at radius 2 is 2.35 bits per heavy atom. The zero-order valence-electron chi connectivity index (χ0n) is 13.4. The average Bonchev–Trinajstić information content (AvgIpc) is 3.23. The molecular formula is C16H18N4O2S. The van der Waals surface area contributed by atoms with Crippen molar-refractivity contribution in [2.75, 3.05) is 13.7 Å². The van der Waals surface area contributed by atoms with Gasteiger partial charge in [-0.1, -0.05) is 0 Å². The van der Waals surface area contributed by atoms with Crippen molar-refractivity contribution in [2.45, 2.75) is 25.8 Å². The molecule has 1 atom stereocenters. The number of aromatic nitrogens is 2. The van der Waals surface area contributed by atoms with Gasteiger partial charge in [0.05, 0.1) is 30.0 Å². The average molecular weight is 330 g/mol. The van der Waals surface area contributed by atoms with E-state index in [4.69, 9.17) is 10.00 Å². The van der Waals surface area contributed by atoms with Gasteiger partial charge in [-0.15, -0.1) is 11.3 Å². The summed E-state index contributed by atoms with van der Waals surface area (Å²) in [6.45, 7) is 2.62. The van der Waals surface area contributed by atoms with Crippen LogP contribution in [0, 0.1) is 18.3 Å². The Balaban J connectivity index is 1.99. The summed E-state index contributed by atoms with van der Waals surface area (Å²) in [4.78, 5) is 15.3. The SMILES string of the molecule is COc1c([C@H]2CCCN2C(=O)c2sccc2C#N)c(C)nn1C. The van der Waals surface area contributed by atoms with Crippen LogP contribution in [0.25, 0.3) is 0 Å². The number of rotatable bonds is 3. The van der Waals surface area contributed by atoms with Gasteiger partial charge in [0.2, 0.25) is 5.88 Å². The predicted molar refractivity (Wildman–Crippen MR) is 86.5 cm³/mol. The minimum absolute atomic E-state index is 0.0557. The first kappa shape index (κ1) is 15.6. The normalized spacial score (nSPS) is 17.3. The number of hydrogen-bond donors (Lipinski definition) is 0. The van der Waals surface area contributed by atoms with Gasteiger partial charge in [0.1, 0.15) is 10.9 Å². The van der Waals surface area contributed by atoms with Gasteiger partial charge < -0.3 is 9.64 Å². The number of carbonyl (C=O) groups is 1. The van der Waals surface area contributed by atoms with Crippen LogP contribution in [0.1, 0.15) is 45.4 Å². The molecule has 0 unspecified atom stereocenters. The lowest BCUT2D eigenvalue weighted by Crippen LogP contribution is -2.30. The molecule has 0 bridgehead atoms. The van der Waals surface area contributed by atoms with Crippen molar-refractivity contribution in [1.82, 2.24) is 14.7 Å². The third kappa shape index (κ3) is 2.49. The molecule has 0 aliphatic carbocycles. The molecule has 23 heavy (non-hydrogen) atoms. The van der Waals surface area contributed by atoms with Gasteiger partial charge in [-0.2, -0.15) is 10.4 Å². The zero-order chi connectivity index (χ0) is 16.6. The fraction of sp³-hybridized carbons (Fsp3) is 0.438. The first-order chi connectivity index (χ1) is 11.1. The summed E-state index contributed by atoms with van der Waals surface area (Å²) in [5.41, 5.74) is 2.29. The minimum Gasteiger partial charge on any atom is -0.481 e. The van der Waals surface area contributed by atoms with Gasteiger partial charge in [0.15, 0.2) is 0 Å². The van der Waals surface area contributed by atoms with E-state index in [1.807, 2.05) is 18.9 Å². The van der Waals surface area contributed by atoms with Crippen LogP contribution < -0.4 is 4.74 Å². The molecule has 1 fully saturated rings. The highest BCUT2D eigenvalue weighted by molar-refractivity contribution is 7.12. The molecule has 2 aromatic rings. The van der Waals surface area contributed by atoms with Crippen LogP contribution in [0.5, 0.6) is 5.88 Å². The van der Waals surface area contributed by atoms with E-state index in [2.05, 4.69) is 11.2 Å². The maximum absolute atomic E-state index is 12.9. The zero-order valence-corrected chi connectivity index (χ0v) is 14.2. The second-order valence-electron chi connectivity index (χ2n) is 5.56. The highest BCUT2D eigenvalue weighted by atomic mass is 32.1. The van der Waals surface area contributed by atoms with Crippen LogP contribution in [0.2, 0.25) is 0 Å². The van der Waals surface area contributed by atoms with E-state index >= 15 is 0 Å².